The van der Waals surface area contributed by atoms with Crippen molar-refractivity contribution in [3.8, 4) is 5.75 Å². The second-order valence-electron chi connectivity index (χ2n) is 7.85. The minimum absolute atomic E-state index is 0.00300. The van der Waals surface area contributed by atoms with Gasteiger partial charge in [0.05, 0.1) is 23.7 Å². The largest absolute Gasteiger partial charge is 0.495 e. The number of nitrogens with one attached hydrogen (secondary N) is 1. The molecule has 0 aromatic heterocycles. The van der Waals surface area contributed by atoms with Crippen LogP contribution in [0.25, 0.3) is 0 Å². The number of sulfonamides is 1. The Balaban J connectivity index is 1.64. The third kappa shape index (κ3) is 4.34. The van der Waals surface area contributed by atoms with Gasteiger partial charge in [0.2, 0.25) is 0 Å². The molecule has 1 aliphatic heterocycles. The van der Waals surface area contributed by atoms with Crippen LogP contribution < -0.4 is 9.46 Å². The van der Waals surface area contributed by atoms with Gasteiger partial charge in [-0.15, -0.1) is 0 Å². The van der Waals surface area contributed by atoms with Crippen LogP contribution in [0.15, 0.2) is 77.7 Å². The van der Waals surface area contributed by atoms with Crippen molar-refractivity contribution in [1.29, 1.82) is 0 Å². The van der Waals surface area contributed by atoms with Crippen LogP contribution in [-0.4, -0.2) is 32.9 Å². The average Bonchev–Trinajstić information content (AvgIpc) is 3.29. The zero-order valence-corrected chi connectivity index (χ0v) is 18.9. The van der Waals surface area contributed by atoms with Crippen molar-refractivity contribution in [2.24, 2.45) is 0 Å². The number of amides is 1. The summed E-state index contributed by atoms with van der Waals surface area (Å²) in [4.78, 5) is 15.3. The Morgan fingerprint density at radius 2 is 1.75 bits per heavy atom. The zero-order valence-electron chi connectivity index (χ0n) is 18.1. The third-order valence-electron chi connectivity index (χ3n) is 5.77. The molecule has 0 bridgehead atoms. The number of nitrogens with zero attached hydrogens (tertiary/aromatic N) is 1. The number of ether oxygens (including phenoxy) is 1. The summed E-state index contributed by atoms with van der Waals surface area (Å²) in [6.07, 6.45) is 1.81. The fourth-order valence-electron chi connectivity index (χ4n) is 4.15. The van der Waals surface area contributed by atoms with Crippen LogP contribution in [0.5, 0.6) is 5.75 Å². The summed E-state index contributed by atoms with van der Waals surface area (Å²) in [7, 11) is -2.44. The molecule has 0 spiro atoms. The second-order valence-corrected chi connectivity index (χ2v) is 9.50. The number of methoxy groups -OCH3 is 1. The maximum absolute atomic E-state index is 13.4. The van der Waals surface area contributed by atoms with E-state index in [9.17, 15) is 13.2 Å². The van der Waals surface area contributed by atoms with Gasteiger partial charge < -0.3 is 9.64 Å². The summed E-state index contributed by atoms with van der Waals surface area (Å²) in [6.45, 7) is 2.36. The Bertz CT molecular complexity index is 1230. The molecule has 166 valence electrons. The van der Waals surface area contributed by atoms with E-state index in [0.717, 1.165) is 18.4 Å². The van der Waals surface area contributed by atoms with Gasteiger partial charge in [0.1, 0.15) is 5.75 Å². The molecule has 1 heterocycles. The van der Waals surface area contributed by atoms with E-state index < -0.39 is 10.0 Å². The maximum Gasteiger partial charge on any atom is 0.262 e. The predicted molar refractivity (Wildman–Crippen MR) is 124 cm³/mol. The van der Waals surface area contributed by atoms with Gasteiger partial charge in [0, 0.05) is 12.1 Å². The Labute approximate surface area is 188 Å². The van der Waals surface area contributed by atoms with Crippen LogP contribution in [0.1, 0.15) is 40.4 Å². The van der Waals surface area contributed by atoms with Crippen molar-refractivity contribution in [3.63, 3.8) is 0 Å². The van der Waals surface area contributed by atoms with Crippen LogP contribution >= 0.6 is 0 Å². The molecule has 1 unspecified atom stereocenters. The Morgan fingerprint density at radius 3 is 2.50 bits per heavy atom. The quantitative estimate of drug-likeness (QED) is 0.586. The number of para-hydroxylation sites is 2. The summed E-state index contributed by atoms with van der Waals surface area (Å²) < 4.78 is 34.2. The van der Waals surface area contributed by atoms with Gasteiger partial charge in [-0.1, -0.05) is 48.5 Å². The lowest BCUT2D eigenvalue weighted by Gasteiger charge is -2.25. The molecular formula is C25H26N2O4S. The smallest absolute Gasteiger partial charge is 0.262 e. The van der Waals surface area contributed by atoms with Crippen molar-refractivity contribution in [2.45, 2.75) is 30.7 Å². The fourth-order valence-corrected chi connectivity index (χ4v) is 5.49. The highest BCUT2D eigenvalue weighted by molar-refractivity contribution is 7.92. The minimum Gasteiger partial charge on any atom is -0.495 e. The summed E-state index contributed by atoms with van der Waals surface area (Å²) >= 11 is 0. The van der Waals surface area contributed by atoms with Gasteiger partial charge in [0.25, 0.3) is 15.9 Å². The molecule has 3 aromatic carbocycles. The maximum atomic E-state index is 13.4. The monoisotopic (exact) mass is 450 g/mol. The van der Waals surface area contributed by atoms with Gasteiger partial charge in [0.15, 0.2) is 0 Å². The van der Waals surface area contributed by atoms with Crippen LogP contribution in [0.2, 0.25) is 0 Å². The second kappa shape index (κ2) is 9.04. The van der Waals surface area contributed by atoms with Crippen LogP contribution in [0.4, 0.5) is 5.69 Å². The predicted octanol–water partition coefficient (Wildman–Crippen LogP) is 4.78. The van der Waals surface area contributed by atoms with E-state index in [4.69, 9.17) is 4.74 Å². The van der Waals surface area contributed by atoms with E-state index in [-0.39, 0.29) is 16.8 Å². The molecule has 7 heteroatoms. The molecule has 0 radical (unpaired) electrons. The molecule has 1 saturated heterocycles. The SMILES string of the molecule is COc1ccccc1NS(=O)(=O)c1cc(C(=O)N2CCCC2c2ccccc2)ccc1C. The van der Waals surface area contributed by atoms with Crippen molar-refractivity contribution in [1.82, 2.24) is 4.90 Å². The molecule has 0 aliphatic carbocycles. The van der Waals surface area contributed by atoms with Gasteiger partial charge in [-0.2, -0.15) is 0 Å². The molecule has 0 saturated carbocycles. The lowest BCUT2D eigenvalue weighted by Crippen LogP contribution is -2.30. The summed E-state index contributed by atoms with van der Waals surface area (Å²) in [6, 6.07) is 21.6. The van der Waals surface area contributed by atoms with E-state index >= 15 is 0 Å². The zero-order chi connectivity index (χ0) is 22.7. The van der Waals surface area contributed by atoms with E-state index in [1.807, 2.05) is 35.2 Å². The Kier molecular flexibility index (Phi) is 6.19. The third-order valence-corrected chi connectivity index (χ3v) is 7.28. The normalized spacial score (nSPS) is 16.1. The molecule has 1 aliphatic rings. The molecule has 1 amide bonds. The molecule has 1 atom stereocenters. The highest BCUT2D eigenvalue weighted by Crippen LogP contribution is 2.34. The fraction of sp³-hybridized carbons (Fsp3) is 0.240. The number of carbonyl (C=O) groups is 1. The topological polar surface area (TPSA) is 75.7 Å². The van der Waals surface area contributed by atoms with Crippen LogP contribution in [0.3, 0.4) is 0 Å². The summed E-state index contributed by atoms with van der Waals surface area (Å²) in [5.41, 5.74) is 2.36. The minimum atomic E-state index is -3.92. The van der Waals surface area contributed by atoms with E-state index in [0.29, 0.717) is 29.1 Å². The average molecular weight is 451 g/mol. The van der Waals surface area contributed by atoms with Crippen LogP contribution in [0, 0.1) is 6.92 Å². The molecule has 1 fully saturated rings. The van der Waals surface area contributed by atoms with Gasteiger partial charge in [-0.25, -0.2) is 8.42 Å². The molecule has 4 rings (SSSR count). The lowest BCUT2D eigenvalue weighted by molar-refractivity contribution is 0.0735. The van der Waals surface area contributed by atoms with E-state index in [2.05, 4.69) is 4.72 Å². The first kappa shape index (κ1) is 21.9. The number of carbonyl (C=O) groups excluding carboxylic acids is 1. The number of hydrogen-bond donors (Lipinski definition) is 1. The first-order chi connectivity index (χ1) is 15.4. The molecular weight excluding hydrogens is 424 g/mol. The van der Waals surface area contributed by atoms with Gasteiger partial charge in [-0.05, 0) is 55.2 Å². The summed E-state index contributed by atoms with van der Waals surface area (Å²) in [5, 5.41) is 0. The number of anilines is 1. The van der Waals surface area contributed by atoms with Crippen molar-refractivity contribution in [2.75, 3.05) is 18.4 Å². The number of hydrogen-bond acceptors (Lipinski definition) is 4. The molecule has 32 heavy (non-hydrogen) atoms. The summed E-state index contributed by atoms with van der Waals surface area (Å²) in [5.74, 6) is 0.258. The van der Waals surface area contributed by atoms with Crippen molar-refractivity contribution < 1.29 is 17.9 Å². The van der Waals surface area contributed by atoms with Crippen molar-refractivity contribution >= 4 is 21.6 Å². The van der Waals surface area contributed by atoms with E-state index in [1.54, 1.807) is 43.3 Å². The number of likely N-dealkylation sites (tertiary alicyclic amines) is 1. The molecule has 3 aromatic rings. The Morgan fingerprint density at radius 1 is 1.03 bits per heavy atom. The number of aryl methyl sites for hydroxylation is 1. The first-order valence-corrected chi connectivity index (χ1v) is 12.0. The highest BCUT2D eigenvalue weighted by Gasteiger charge is 2.31. The first-order valence-electron chi connectivity index (χ1n) is 10.5. The molecule has 6 nitrogen and oxygen atoms in total. The standard InChI is InChI=1S/C25H26N2O4S/c1-18-14-15-20(25(28)27-16-8-12-22(27)19-9-4-3-5-10-19)17-24(18)32(29,30)26-21-11-6-7-13-23(21)31-2/h3-7,9-11,13-15,17,22,26H,8,12,16H2,1-2H3. The number of benzene rings is 3. The molecule has 1 N–H and O–H groups in total. The van der Waals surface area contributed by atoms with Crippen molar-refractivity contribution in [3.05, 3.63) is 89.5 Å². The highest BCUT2D eigenvalue weighted by atomic mass is 32.2. The van der Waals surface area contributed by atoms with E-state index in [1.165, 1.54) is 13.2 Å². The van der Waals surface area contributed by atoms with Crippen LogP contribution in [-0.2, 0) is 10.0 Å². The van der Waals surface area contributed by atoms with Gasteiger partial charge >= 0.3 is 0 Å². The Hall–Kier alpha value is -3.32. The number of rotatable bonds is 6. The lowest BCUT2D eigenvalue weighted by atomic mass is 10.0. The van der Waals surface area contributed by atoms with Gasteiger partial charge in [-0.3, -0.25) is 9.52 Å².